The van der Waals surface area contributed by atoms with Gasteiger partial charge in [0.05, 0.1) is 13.2 Å². The van der Waals surface area contributed by atoms with Crippen molar-refractivity contribution in [3.05, 3.63) is 60.2 Å². The second-order valence-corrected chi connectivity index (χ2v) is 4.73. The molecule has 0 bridgehead atoms. The second-order valence-electron chi connectivity index (χ2n) is 4.73. The van der Waals surface area contributed by atoms with E-state index < -0.39 is 12.3 Å². The van der Waals surface area contributed by atoms with Gasteiger partial charge >= 0.3 is 5.97 Å². The SMILES string of the molecule is C=C(C)C(=O)C=CC(=O)OC(OCCOCC)c1ccccc1. The van der Waals surface area contributed by atoms with Gasteiger partial charge in [0.2, 0.25) is 6.29 Å². The summed E-state index contributed by atoms with van der Waals surface area (Å²) in [5.74, 6) is -0.986. The Balaban J connectivity index is 2.67. The molecule has 1 rings (SSSR count). The minimum Gasteiger partial charge on any atom is -0.428 e. The van der Waals surface area contributed by atoms with Gasteiger partial charge in [-0.25, -0.2) is 4.79 Å². The van der Waals surface area contributed by atoms with E-state index in [9.17, 15) is 9.59 Å². The first-order chi connectivity index (χ1) is 11.0. The highest BCUT2D eigenvalue weighted by Crippen LogP contribution is 2.19. The number of hydrogen-bond donors (Lipinski definition) is 0. The Labute approximate surface area is 136 Å². The summed E-state index contributed by atoms with van der Waals surface area (Å²) in [6.07, 6.45) is 1.35. The van der Waals surface area contributed by atoms with Crippen molar-refractivity contribution in [2.24, 2.45) is 0 Å². The third-order valence-electron chi connectivity index (χ3n) is 2.79. The van der Waals surface area contributed by atoms with Crippen LogP contribution in [0.2, 0.25) is 0 Å². The number of rotatable bonds is 10. The van der Waals surface area contributed by atoms with Gasteiger partial charge in [0.1, 0.15) is 0 Å². The van der Waals surface area contributed by atoms with Crippen LogP contribution in [-0.2, 0) is 23.8 Å². The molecule has 0 radical (unpaired) electrons. The van der Waals surface area contributed by atoms with Gasteiger partial charge < -0.3 is 14.2 Å². The minimum absolute atomic E-state index is 0.287. The zero-order valence-corrected chi connectivity index (χ0v) is 13.5. The molecule has 0 N–H and O–H groups in total. The van der Waals surface area contributed by atoms with E-state index in [1.807, 2.05) is 25.1 Å². The van der Waals surface area contributed by atoms with E-state index in [0.717, 1.165) is 12.2 Å². The third kappa shape index (κ3) is 7.54. The summed E-state index contributed by atoms with van der Waals surface area (Å²) in [4.78, 5) is 23.2. The molecule has 0 aliphatic heterocycles. The van der Waals surface area contributed by atoms with Crippen molar-refractivity contribution in [3.63, 3.8) is 0 Å². The van der Waals surface area contributed by atoms with Crippen molar-refractivity contribution >= 4 is 11.8 Å². The molecular formula is C18H22O5. The van der Waals surface area contributed by atoms with E-state index in [2.05, 4.69) is 6.58 Å². The van der Waals surface area contributed by atoms with Gasteiger partial charge in [-0.1, -0.05) is 36.9 Å². The Bertz CT molecular complexity index is 548. The zero-order chi connectivity index (χ0) is 17.1. The number of allylic oxidation sites excluding steroid dienone is 2. The number of carbonyl (C=O) groups excluding carboxylic acids is 2. The van der Waals surface area contributed by atoms with Crippen molar-refractivity contribution in [1.82, 2.24) is 0 Å². The highest BCUT2D eigenvalue weighted by molar-refractivity contribution is 6.05. The first kappa shape index (κ1) is 18.8. The van der Waals surface area contributed by atoms with Crippen molar-refractivity contribution in [2.45, 2.75) is 20.1 Å². The summed E-state index contributed by atoms with van der Waals surface area (Å²) < 4.78 is 16.0. The quantitative estimate of drug-likeness (QED) is 0.287. The summed E-state index contributed by atoms with van der Waals surface area (Å²) in [7, 11) is 0. The smallest absolute Gasteiger partial charge is 0.333 e. The Morgan fingerprint density at radius 3 is 2.48 bits per heavy atom. The van der Waals surface area contributed by atoms with Crippen molar-refractivity contribution in [3.8, 4) is 0 Å². The number of esters is 1. The Kier molecular flexibility index (Phi) is 8.57. The van der Waals surface area contributed by atoms with Crippen LogP contribution in [0.15, 0.2) is 54.6 Å². The summed E-state index contributed by atoms with van der Waals surface area (Å²) in [6.45, 7) is 8.25. The van der Waals surface area contributed by atoms with E-state index in [1.54, 1.807) is 19.1 Å². The first-order valence-corrected chi connectivity index (χ1v) is 7.37. The average molecular weight is 318 g/mol. The molecular weight excluding hydrogens is 296 g/mol. The largest absolute Gasteiger partial charge is 0.428 e. The maximum Gasteiger partial charge on any atom is 0.333 e. The lowest BCUT2D eigenvalue weighted by atomic mass is 10.2. The van der Waals surface area contributed by atoms with Crippen LogP contribution in [-0.4, -0.2) is 31.6 Å². The molecule has 1 aromatic carbocycles. The summed E-state index contributed by atoms with van der Waals surface area (Å²) in [5, 5.41) is 0. The van der Waals surface area contributed by atoms with Crippen molar-refractivity contribution in [1.29, 1.82) is 0 Å². The van der Waals surface area contributed by atoms with Gasteiger partial charge in [0.15, 0.2) is 5.78 Å². The molecule has 1 atom stereocenters. The van der Waals surface area contributed by atoms with Crippen LogP contribution in [0.4, 0.5) is 0 Å². The van der Waals surface area contributed by atoms with Gasteiger partial charge in [-0.2, -0.15) is 0 Å². The highest BCUT2D eigenvalue weighted by Gasteiger charge is 2.16. The second kappa shape index (κ2) is 10.5. The van der Waals surface area contributed by atoms with E-state index in [-0.39, 0.29) is 12.4 Å². The fraction of sp³-hybridized carbons (Fsp3) is 0.333. The van der Waals surface area contributed by atoms with Crippen LogP contribution in [0.25, 0.3) is 0 Å². The van der Waals surface area contributed by atoms with Crippen LogP contribution >= 0.6 is 0 Å². The number of hydrogen-bond acceptors (Lipinski definition) is 5. The molecule has 124 valence electrons. The van der Waals surface area contributed by atoms with Gasteiger partial charge in [0.25, 0.3) is 0 Å². The maximum atomic E-state index is 11.8. The fourth-order valence-corrected chi connectivity index (χ4v) is 1.60. The number of ketones is 1. The lowest BCUT2D eigenvalue weighted by Crippen LogP contribution is -2.16. The molecule has 0 fully saturated rings. The molecule has 0 saturated heterocycles. The molecule has 0 aliphatic rings. The fourth-order valence-electron chi connectivity index (χ4n) is 1.60. The number of carbonyl (C=O) groups is 2. The lowest BCUT2D eigenvalue weighted by molar-refractivity contribution is -0.178. The van der Waals surface area contributed by atoms with E-state index in [1.165, 1.54) is 0 Å². The standard InChI is InChI=1S/C18H22O5/c1-4-21-12-13-22-18(15-8-6-5-7-9-15)23-17(20)11-10-16(19)14(2)3/h5-11,18H,2,4,12-13H2,1,3H3. The normalized spacial score (nSPS) is 12.1. The highest BCUT2D eigenvalue weighted by atomic mass is 16.7. The Morgan fingerprint density at radius 1 is 1.17 bits per heavy atom. The van der Waals surface area contributed by atoms with Crippen LogP contribution < -0.4 is 0 Å². The number of benzene rings is 1. The van der Waals surface area contributed by atoms with Crippen LogP contribution in [0.3, 0.4) is 0 Å². The average Bonchev–Trinajstić information content (AvgIpc) is 2.56. The molecule has 0 aliphatic carbocycles. The minimum atomic E-state index is -0.853. The first-order valence-electron chi connectivity index (χ1n) is 7.37. The van der Waals surface area contributed by atoms with E-state index in [0.29, 0.717) is 24.4 Å². The van der Waals surface area contributed by atoms with Gasteiger partial charge in [0, 0.05) is 18.2 Å². The molecule has 0 spiro atoms. The number of ether oxygens (including phenoxy) is 3. The van der Waals surface area contributed by atoms with E-state index in [4.69, 9.17) is 14.2 Å². The maximum absolute atomic E-state index is 11.8. The monoisotopic (exact) mass is 318 g/mol. The predicted octanol–water partition coefficient (Wildman–Crippen LogP) is 2.98. The molecule has 0 aromatic heterocycles. The summed E-state index contributed by atoms with van der Waals surface area (Å²) in [6, 6.07) is 9.09. The lowest BCUT2D eigenvalue weighted by Gasteiger charge is -2.18. The zero-order valence-electron chi connectivity index (χ0n) is 13.5. The molecule has 5 heteroatoms. The molecule has 0 saturated carbocycles. The van der Waals surface area contributed by atoms with Crippen LogP contribution in [0, 0.1) is 0 Å². The van der Waals surface area contributed by atoms with E-state index >= 15 is 0 Å². The van der Waals surface area contributed by atoms with Crippen molar-refractivity contribution < 1.29 is 23.8 Å². The molecule has 0 heterocycles. The summed E-state index contributed by atoms with van der Waals surface area (Å²) in [5.41, 5.74) is 1.05. The van der Waals surface area contributed by atoms with Crippen LogP contribution in [0.5, 0.6) is 0 Å². The van der Waals surface area contributed by atoms with Crippen molar-refractivity contribution in [2.75, 3.05) is 19.8 Å². The van der Waals surface area contributed by atoms with Gasteiger partial charge in [-0.05, 0) is 25.5 Å². The Morgan fingerprint density at radius 2 is 1.87 bits per heavy atom. The molecule has 5 nitrogen and oxygen atoms in total. The van der Waals surface area contributed by atoms with Crippen LogP contribution in [0.1, 0.15) is 25.7 Å². The summed E-state index contributed by atoms with van der Waals surface area (Å²) >= 11 is 0. The molecule has 1 unspecified atom stereocenters. The molecule has 1 aromatic rings. The predicted molar refractivity (Wildman–Crippen MR) is 86.7 cm³/mol. The Hall–Kier alpha value is -2.24. The topological polar surface area (TPSA) is 61.8 Å². The van der Waals surface area contributed by atoms with Gasteiger partial charge in [-0.15, -0.1) is 0 Å². The third-order valence-corrected chi connectivity index (χ3v) is 2.79. The molecule has 0 amide bonds. The van der Waals surface area contributed by atoms with Gasteiger partial charge in [-0.3, -0.25) is 4.79 Å². The molecule has 23 heavy (non-hydrogen) atoms.